The van der Waals surface area contributed by atoms with Gasteiger partial charge in [0.1, 0.15) is 0 Å². The van der Waals surface area contributed by atoms with Gasteiger partial charge in [-0.2, -0.15) is 0 Å². The number of carbonyl (C=O) groups is 1. The Kier molecular flexibility index (Phi) is 5.94. The van der Waals surface area contributed by atoms with Crippen LogP contribution in [0.4, 0.5) is 0 Å². The summed E-state index contributed by atoms with van der Waals surface area (Å²) in [4.78, 5) is 13.1. The maximum atomic E-state index is 13.1. The Labute approximate surface area is 166 Å². The molecule has 1 fully saturated rings. The van der Waals surface area contributed by atoms with E-state index < -0.39 is 0 Å². The Balaban J connectivity index is 1.83. The summed E-state index contributed by atoms with van der Waals surface area (Å²) < 4.78 is 5.80. The Bertz CT molecular complexity index is 626. The summed E-state index contributed by atoms with van der Waals surface area (Å²) in [6.45, 7) is 14.2. The first-order valence-corrected chi connectivity index (χ1v) is 11.3. The average molecular weight is 373 g/mol. The largest absolute Gasteiger partial charge is 0.465 e. The molecule has 0 N–H and O–H groups in total. The smallest absolute Gasteiger partial charge is 0.312 e. The van der Waals surface area contributed by atoms with Crippen molar-refractivity contribution in [3.63, 3.8) is 0 Å². The van der Waals surface area contributed by atoms with E-state index in [-0.39, 0.29) is 16.8 Å². The SMILES string of the molecule is CC(C)CCOC(=O)C1(C)CCCC2(C)C3CCC(C(C)C)=CC3=CCC12. The molecular weight excluding hydrogens is 332 g/mol. The third-order valence-electron chi connectivity index (χ3n) is 7.97. The molecule has 0 bridgehead atoms. The highest BCUT2D eigenvalue weighted by Crippen LogP contribution is 2.62. The fourth-order valence-corrected chi connectivity index (χ4v) is 6.14. The van der Waals surface area contributed by atoms with E-state index in [1.807, 2.05) is 0 Å². The number of esters is 1. The summed E-state index contributed by atoms with van der Waals surface area (Å²) in [6.07, 6.45) is 12.8. The average Bonchev–Trinajstić information content (AvgIpc) is 2.60. The van der Waals surface area contributed by atoms with Crippen molar-refractivity contribution in [1.29, 1.82) is 0 Å². The minimum Gasteiger partial charge on any atom is -0.465 e. The third-order valence-corrected chi connectivity index (χ3v) is 7.97. The number of hydrogen-bond acceptors (Lipinski definition) is 2. The zero-order valence-corrected chi connectivity index (χ0v) is 18.4. The molecule has 3 rings (SSSR count). The molecule has 1 saturated carbocycles. The van der Waals surface area contributed by atoms with Crippen LogP contribution in [0.1, 0.15) is 86.5 Å². The van der Waals surface area contributed by atoms with Crippen LogP contribution in [0.15, 0.2) is 23.3 Å². The van der Waals surface area contributed by atoms with Crippen molar-refractivity contribution in [3.8, 4) is 0 Å². The van der Waals surface area contributed by atoms with Gasteiger partial charge in [-0.25, -0.2) is 0 Å². The van der Waals surface area contributed by atoms with Crippen molar-refractivity contribution in [2.45, 2.75) is 86.5 Å². The van der Waals surface area contributed by atoms with Crippen molar-refractivity contribution in [2.75, 3.05) is 6.61 Å². The summed E-state index contributed by atoms with van der Waals surface area (Å²) in [6, 6.07) is 0. The minimum atomic E-state index is -0.325. The Hall–Kier alpha value is -1.05. The molecule has 0 aliphatic heterocycles. The summed E-state index contributed by atoms with van der Waals surface area (Å²) in [5.74, 6) is 2.30. The van der Waals surface area contributed by atoms with Crippen LogP contribution in [0, 0.1) is 34.5 Å². The Morgan fingerprint density at radius 2 is 1.96 bits per heavy atom. The van der Waals surface area contributed by atoms with E-state index in [1.165, 1.54) is 19.3 Å². The number of fused-ring (bicyclic) bond motifs is 3. The number of rotatable bonds is 5. The first kappa shape index (κ1) is 20.7. The second-order valence-electron chi connectivity index (χ2n) is 10.6. The Morgan fingerprint density at radius 3 is 2.63 bits per heavy atom. The molecule has 2 heteroatoms. The molecule has 2 nitrogen and oxygen atoms in total. The second-order valence-corrected chi connectivity index (χ2v) is 10.6. The lowest BCUT2D eigenvalue weighted by molar-refractivity contribution is -0.169. The fourth-order valence-electron chi connectivity index (χ4n) is 6.14. The minimum absolute atomic E-state index is 0.0603. The van der Waals surface area contributed by atoms with Crippen molar-refractivity contribution >= 4 is 5.97 Å². The van der Waals surface area contributed by atoms with E-state index in [0.29, 0.717) is 30.3 Å². The van der Waals surface area contributed by atoms with Gasteiger partial charge in [0, 0.05) is 0 Å². The topological polar surface area (TPSA) is 26.3 Å². The fraction of sp³-hybridized carbons (Fsp3) is 0.800. The first-order valence-electron chi connectivity index (χ1n) is 11.3. The summed E-state index contributed by atoms with van der Waals surface area (Å²) in [5.41, 5.74) is 3.06. The first-order chi connectivity index (χ1) is 12.7. The van der Waals surface area contributed by atoms with Gasteiger partial charge in [-0.1, -0.05) is 58.8 Å². The summed E-state index contributed by atoms with van der Waals surface area (Å²) >= 11 is 0. The van der Waals surface area contributed by atoms with E-state index in [1.54, 1.807) is 11.1 Å². The molecule has 0 amide bonds. The molecule has 4 unspecified atom stereocenters. The second kappa shape index (κ2) is 7.76. The van der Waals surface area contributed by atoms with Crippen LogP contribution in [0.5, 0.6) is 0 Å². The lowest BCUT2D eigenvalue weighted by Gasteiger charge is -2.57. The van der Waals surface area contributed by atoms with E-state index >= 15 is 0 Å². The van der Waals surface area contributed by atoms with E-state index in [9.17, 15) is 4.79 Å². The molecule has 0 spiro atoms. The van der Waals surface area contributed by atoms with Gasteiger partial charge >= 0.3 is 5.97 Å². The van der Waals surface area contributed by atoms with Crippen LogP contribution < -0.4 is 0 Å². The van der Waals surface area contributed by atoms with Gasteiger partial charge < -0.3 is 4.74 Å². The normalized spacial score (nSPS) is 36.0. The van der Waals surface area contributed by atoms with E-state index in [2.05, 4.69) is 53.7 Å². The predicted molar refractivity (Wildman–Crippen MR) is 112 cm³/mol. The molecular formula is C25H40O2. The van der Waals surface area contributed by atoms with Crippen LogP contribution in [-0.4, -0.2) is 12.6 Å². The molecule has 3 aliphatic rings. The zero-order chi connectivity index (χ0) is 19.8. The molecule has 0 aromatic carbocycles. The lowest BCUT2D eigenvalue weighted by atomic mass is 9.47. The van der Waals surface area contributed by atoms with Gasteiger partial charge in [0.15, 0.2) is 0 Å². The monoisotopic (exact) mass is 372 g/mol. The highest BCUT2D eigenvalue weighted by Gasteiger charge is 2.57. The molecule has 4 atom stereocenters. The quantitative estimate of drug-likeness (QED) is 0.501. The van der Waals surface area contributed by atoms with Gasteiger partial charge in [0.05, 0.1) is 12.0 Å². The van der Waals surface area contributed by atoms with Crippen molar-refractivity contribution in [2.24, 2.45) is 34.5 Å². The van der Waals surface area contributed by atoms with Gasteiger partial charge in [-0.05, 0) is 80.1 Å². The number of carbonyl (C=O) groups excluding carboxylic acids is 1. The van der Waals surface area contributed by atoms with Gasteiger partial charge in [0.2, 0.25) is 0 Å². The molecule has 0 aromatic rings. The maximum Gasteiger partial charge on any atom is 0.312 e. The molecule has 27 heavy (non-hydrogen) atoms. The van der Waals surface area contributed by atoms with Crippen LogP contribution in [0.25, 0.3) is 0 Å². The molecule has 3 aliphatic carbocycles. The van der Waals surface area contributed by atoms with Gasteiger partial charge in [0.25, 0.3) is 0 Å². The molecule has 0 radical (unpaired) electrons. The molecule has 0 heterocycles. The van der Waals surface area contributed by atoms with Crippen LogP contribution in [0.2, 0.25) is 0 Å². The molecule has 0 saturated heterocycles. The number of hydrogen-bond donors (Lipinski definition) is 0. The van der Waals surface area contributed by atoms with Crippen LogP contribution in [0.3, 0.4) is 0 Å². The van der Waals surface area contributed by atoms with Crippen LogP contribution in [-0.2, 0) is 9.53 Å². The standard InChI is InChI=1S/C25H40O2/c1-17(2)12-15-27-23(26)25(6)14-7-13-24(5)21-10-8-19(18(3)4)16-20(21)9-11-22(24)25/h9,16-18,21-22H,7-8,10-15H2,1-6H3. The van der Waals surface area contributed by atoms with Crippen molar-refractivity contribution in [1.82, 2.24) is 0 Å². The molecule has 152 valence electrons. The highest BCUT2D eigenvalue weighted by atomic mass is 16.5. The predicted octanol–water partition coefficient (Wildman–Crippen LogP) is 6.71. The third kappa shape index (κ3) is 3.78. The zero-order valence-electron chi connectivity index (χ0n) is 18.4. The molecule has 0 aromatic heterocycles. The van der Waals surface area contributed by atoms with Gasteiger partial charge in [-0.15, -0.1) is 0 Å². The maximum absolute atomic E-state index is 13.1. The highest BCUT2D eigenvalue weighted by molar-refractivity contribution is 5.77. The summed E-state index contributed by atoms with van der Waals surface area (Å²) in [5, 5.41) is 0. The van der Waals surface area contributed by atoms with Gasteiger partial charge in [-0.3, -0.25) is 4.79 Å². The van der Waals surface area contributed by atoms with Crippen molar-refractivity contribution in [3.05, 3.63) is 23.3 Å². The van der Waals surface area contributed by atoms with Crippen LogP contribution >= 0.6 is 0 Å². The van der Waals surface area contributed by atoms with E-state index in [0.717, 1.165) is 25.7 Å². The Morgan fingerprint density at radius 1 is 1.22 bits per heavy atom. The van der Waals surface area contributed by atoms with Crippen molar-refractivity contribution < 1.29 is 9.53 Å². The number of ether oxygens (including phenoxy) is 1. The number of allylic oxidation sites excluding steroid dienone is 4. The summed E-state index contributed by atoms with van der Waals surface area (Å²) in [7, 11) is 0. The van der Waals surface area contributed by atoms with E-state index in [4.69, 9.17) is 4.74 Å². The lowest BCUT2D eigenvalue weighted by Crippen LogP contribution is -2.53.